The van der Waals surface area contributed by atoms with E-state index < -0.39 is 17.8 Å². The van der Waals surface area contributed by atoms with Gasteiger partial charge in [0.1, 0.15) is 0 Å². The van der Waals surface area contributed by atoms with E-state index in [-0.39, 0.29) is 0 Å². The predicted molar refractivity (Wildman–Crippen MR) is 128 cm³/mol. The summed E-state index contributed by atoms with van der Waals surface area (Å²) in [4.78, 5) is 38.4. The van der Waals surface area contributed by atoms with Gasteiger partial charge in [-0.15, -0.1) is 0 Å². The molecule has 7 nitrogen and oxygen atoms in total. The number of carbonyl (C=O) groups excluding carboxylic acids is 3. The molecule has 0 spiro atoms. The Morgan fingerprint density at radius 2 is 1.73 bits per heavy atom. The smallest absolute Gasteiger partial charge is 0.320 e. The van der Waals surface area contributed by atoms with Crippen molar-refractivity contribution in [3.05, 3.63) is 77.4 Å². The minimum atomic E-state index is -0.609. The molecular weight excluding hydrogens is 418 g/mol. The SMILES string of the molecule is CCCCC(CC)CN(Cc1ccc(C=CC(=O)NO)cc1)C(=O)NC(=O)c1ccccc1. The highest BCUT2D eigenvalue weighted by atomic mass is 16.5. The number of nitrogens with one attached hydrogen (secondary N) is 2. The first-order chi connectivity index (χ1) is 16.0. The van der Waals surface area contributed by atoms with Crippen molar-refractivity contribution in [2.75, 3.05) is 6.54 Å². The summed E-state index contributed by atoms with van der Waals surface area (Å²) in [6.07, 6.45) is 6.98. The Bertz CT molecular complexity index is 926. The molecule has 2 aromatic carbocycles. The number of hydrogen-bond donors (Lipinski definition) is 3. The fourth-order valence-electron chi connectivity index (χ4n) is 3.45. The molecule has 33 heavy (non-hydrogen) atoms. The third kappa shape index (κ3) is 8.90. The van der Waals surface area contributed by atoms with Gasteiger partial charge in [-0.3, -0.25) is 20.1 Å². The van der Waals surface area contributed by atoms with E-state index in [9.17, 15) is 14.4 Å². The molecule has 0 aromatic heterocycles. The van der Waals surface area contributed by atoms with Crippen molar-refractivity contribution in [3.63, 3.8) is 0 Å². The first kappa shape index (κ1) is 25.8. The highest BCUT2D eigenvalue weighted by Crippen LogP contribution is 2.17. The molecule has 0 radical (unpaired) electrons. The number of imide groups is 1. The van der Waals surface area contributed by atoms with Gasteiger partial charge in [-0.05, 0) is 41.7 Å². The van der Waals surface area contributed by atoms with Gasteiger partial charge in [0.05, 0.1) is 0 Å². The number of hydroxylamine groups is 1. The summed E-state index contributed by atoms with van der Waals surface area (Å²) >= 11 is 0. The van der Waals surface area contributed by atoms with Gasteiger partial charge in [-0.25, -0.2) is 10.3 Å². The van der Waals surface area contributed by atoms with Crippen LogP contribution in [0.4, 0.5) is 4.79 Å². The van der Waals surface area contributed by atoms with Crippen molar-refractivity contribution in [1.29, 1.82) is 0 Å². The molecular formula is C26H33N3O4. The zero-order chi connectivity index (χ0) is 24.1. The van der Waals surface area contributed by atoms with Crippen LogP contribution in [0.25, 0.3) is 6.08 Å². The summed E-state index contributed by atoms with van der Waals surface area (Å²) in [6, 6.07) is 15.7. The van der Waals surface area contributed by atoms with Crippen LogP contribution < -0.4 is 10.8 Å². The van der Waals surface area contributed by atoms with E-state index >= 15 is 0 Å². The number of unbranched alkanes of at least 4 members (excludes halogenated alkanes) is 1. The van der Waals surface area contributed by atoms with E-state index in [2.05, 4.69) is 19.2 Å². The number of nitrogens with zero attached hydrogens (tertiary/aromatic N) is 1. The fourth-order valence-corrected chi connectivity index (χ4v) is 3.45. The average Bonchev–Trinajstić information content (AvgIpc) is 2.85. The molecule has 7 heteroatoms. The lowest BCUT2D eigenvalue weighted by atomic mass is 9.98. The minimum Gasteiger partial charge on any atom is -0.320 e. The summed E-state index contributed by atoms with van der Waals surface area (Å²) in [5.74, 6) is -0.681. The Morgan fingerprint density at radius 1 is 1.03 bits per heavy atom. The zero-order valence-corrected chi connectivity index (χ0v) is 19.3. The summed E-state index contributed by atoms with van der Waals surface area (Å²) in [5.41, 5.74) is 3.68. The molecule has 0 saturated carbocycles. The second-order valence-electron chi connectivity index (χ2n) is 7.97. The first-order valence-electron chi connectivity index (χ1n) is 11.3. The number of benzene rings is 2. The van der Waals surface area contributed by atoms with Crippen LogP contribution in [0, 0.1) is 5.92 Å². The van der Waals surface area contributed by atoms with Crippen LogP contribution in [0.15, 0.2) is 60.7 Å². The molecule has 0 aliphatic rings. The molecule has 176 valence electrons. The summed E-state index contributed by atoms with van der Waals surface area (Å²) in [7, 11) is 0. The van der Waals surface area contributed by atoms with Gasteiger partial charge < -0.3 is 4.90 Å². The van der Waals surface area contributed by atoms with E-state index in [1.54, 1.807) is 40.7 Å². The maximum atomic E-state index is 13.0. The van der Waals surface area contributed by atoms with Crippen LogP contribution in [0.3, 0.4) is 0 Å². The highest BCUT2D eigenvalue weighted by Gasteiger charge is 2.21. The quantitative estimate of drug-likeness (QED) is 0.260. The van der Waals surface area contributed by atoms with Gasteiger partial charge in [0.15, 0.2) is 0 Å². The fraction of sp³-hybridized carbons (Fsp3) is 0.346. The van der Waals surface area contributed by atoms with Crippen LogP contribution in [0.2, 0.25) is 0 Å². The molecule has 0 fully saturated rings. The van der Waals surface area contributed by atoms with Crippen molar-refractivity contribution in [2.24, 2.45) is 5.92 Å². The molecule has 0 aliphatic heterocycles. The highest BCUT2D eigenvalue weighted by molar-refractivity contribution is 6.04. The molecule has 0 bridgehead atoms. The van der Waals surface area contributed by atoms with Crippen molar-refractivity contribution >= 4 is 23.9 Å². The molecule has 2 rings (SSSR count). The van der Waals surface area contributed by atoms with Crippen molar-refractivity contribution < 1.29 is 19.6 Å². The topological polar surface area (TPSA) is 98.7 Å². The Labute approximate surface area is 195 Å². The maximum absolute atomic E-state index is 13.0. The normalized spacial score (nSPS) is 11.7. The third-order valence-electron chi connectivity index (χ3n) is 5.46. The van der Waals surface area contributed by atoms with Gasteiger partial charge in [-0.2, -0.15) is 0 Å². The number of hydrogen-bond acceptors (Lipinski definition) is 4. The van der Waals surface area contributed by atoms with Crippen LogP contribution >= 0.6 is 0 Å². The van der Waals surface area contributed by atoms with E-state index in [1.807, 2.05) is 30.3 Å². The lowest BCUT2D eigenvalue weighted by Gasteiger charge is -2.27. The van der Waals surface area contributed by atoms with Gasteiger partial charge >= 0.3 is 6.03 Å². The second-order valence-corrected chi connectivity index (χ2v) is 7.97. The molecule has 4 amide bonds. The molecule has 0 saturated heterocycles. The van der Waals surface area contributed by atoms with Crippen LogP contribution in [-0.4, -0.2) is 34.5 Å². The monoisotopic (exact) mass is 451 g/mol. The number of carbonyl (C=O) groups is 3. The molecule has 2 aromatic rings. The van der Waals surface area contributed by atoms with Crippen LogP contribution in [0.1, 0.15) is 61.0 Å². The van der Waals surface area contributed by atoms with E-state index in [1.165, 1.54) is 6.08 Å². The van der Waals surface area contributed by atoms with Gasteiger partial charge in [0.25, 0.3) is 11.8 Å². The van der Waals surface area contributed by atoms with Crippen LogP contribution in [-0.2, 0) is 11.3 Å². The molecule has 1 atom stereocenters. The third-order valence-corrected chi connectivity index (χ3v) is 5.46. The van der Waals surface area contributed by atoms with Crippen molar-refractivity contribution in [3.8, 4) is 0 Å². The standard InChI is InChI=1S/C26H33N3O4/c1-3-5-9-20(4-2)18-29(26(32)27-25(31)23-10-7-6-8-11-23)19-22-14-12-21(13-15-22)16-17-24(30)28-33/h6-8,10-17,20,33H,3-5,9,18-19H2,1-2H3,(H,28,30)(H,27,31,32). The van der Waals surface area contributed by atoms with E-state index in [4.69, 9.17) is 5.21 Å². The van der Waals surface area contributed by atoms with Crippen molar-refractivity contribution in [1.82, 2.24) is 15.7 Å². The summed E-state index contributed by atoms with van der Waals surface area (Å²) in [6.45, 7) is 5.19. The lowest BCUT2D eigenvalue weighted by Crippen LogP contribution is -2.44. The largest absolute Gasteiger partial charge is 0.324 e. The van der Waals surface area contributed by atoms with Crippen LogP contribution in [0.5, 0.6) is 0 Å². The number of urea groups is 1. The van der Waals surface area contributed by atoms with E-state index in [0.29, 0.717) is 24.6 Å². The predicted octanol–water partition coefficient (Wildman–Crippen LogP) is 4.77. The Balaban J connectivity index is 2.14. The molecule has 1 unspecified atom stereocenters. The molecule has 0 heterocycles. The van der Waals surface area contributed by atoms with Crippen molar-refractivity contribution in [2.45, 2.75) is 46.1 Å². The average molecular weight is 452 g/mol. The lowest BCUT2D eigenvalue weighted by molar-refractivity contribution is -0.124. The summed E-state index contributed by atoms with van der Waals surface area (Å²) < 4.78 is 0. The molecule has 0 aliphatic carbocycles. The zero-order valence-electron chi connectivity index (χ0n) is 19.3. The summed E-state index contributed by atoms with van der Waals surface area (Å²) in [5, 5.41) is 11.1. The van der Waals surface area contributed by atoms with Gasteiger partial charge in [0.2, 0.25) is 0 Å². The molecule has 3 N–H and O–H groups in total. The Hall–Kier alpha value is -3.45. The second kappa shape index (κ2) is 13.9. The minimum absolute atomic E-state index is 0.349. The Kier molecular flexibility index (Phi) is 10.8. The number of rotatable bonds is 11. The van der Waals surface area contributed by atoms with Gasteiger partial charge in [0, 0.05) is 24.7 Å². The number of amides is 4. The van der Waals surface area contributed by atoms with E-state index in [0.717, 1.165) is 36.8 Å². The Morgan fingerprint density at radius 3 is 2.33 bits per heavy atom. The first-order valence-corrected chi connectivity index (χ1v) is 11.3. The maximum Gasteiger partial charge on any atom is 0.324 e. The van der Waals surface area contributed by atoms with Gasteiger partial charge in [-0.1, -0.05) is 75.6 Å².